The van der Waals surface area contributed by atoms with E-state index in [4.69, 9.17) is 0 Å². The first-order chi connectivity index (χ1) is 12.8. The number of nitrogens with zero attached hydrogens (tertiary/aromatic N) is 4. The first kappa shape index (κ1) is 20.9. The first-order valence-electron chi connectivity index (χ1n) is 8.58. The summed E-state index contributed by atoms with van der Waals surface area (Å²) in [7, 11) is 1.70. The Bertz CT molecular complexity index is 801. The van der Waals surface area contributed by atoms with E-state index in [-0.39, 0.29) is 17.8 Å². The van der Waals surface area contributed by atoms with Gasteiger partial charge in [-0.1, -0.05) is 13.2 Å². The molecule has 0 bridgehead atoms. The molecule has 1 amide bonds. The lowest BCUT2D eigenvalue weighted by Crippen LogP contribution is -2.57. The Hall–Kier alpha value is -2.41. The molecule has 0 aliphatic carbocycles. The van der Waals surface area contributed by atoms with Crippen LogP contribution < -0.4 is 0 Å². The van der Waals surface area contributed by atoms with Gasteiger partial charge in [0.25, 0.3) is 5.91 Å². The molecule has 5 nitrogen and oxygen atoms in total. The first-order valence-corrected chi connectivity index (χ1v) is 9.80. The lowest BCUT2D eigenvalue weighted by molar-refractivity contribution is 0.0695. The normalized spacial score (nSPS) is 19.4. The van der Waals surface area contributed by atoms with Crippen LogP contribution in [0.15, 0.2) is 58.8 Å². The minimum atomic E-state index is -0.363. The zero-order chi connectivity index (χ0) is 20.1. The molecule has 0 spiro atoms. The highest BCUT2D eigenvalue weighted by Crippen LogP contribution is 2.23. The van der Waals surface area contributed by atoms with E-state index in [0.717, 1.165) is 16.6 Å². The Balaban J connectivity index is 2.25. The zero-order valence-corrected chi connectivity index (χ0v) is 17.0. The molecular formula is C20H25FN4OS. The van der Waals surface area contributed by atoms with Crippen molar-refractivity contribution in [3.8, 4) is 0 Å². The van der Waals surface area contributed by atoms with Crippen molar-refractivity contribution in [3.05, 3.63) is 60.2 Å². The largest absolute Gasteiger partial charge is 0.327 e. The monoisotopic (exact) mass is 388 g/mol. The summed E-state index contributed by atoms with van der Waals surface area (Å²) in [4.78, 5) is 25.5. The fraction of sp³-hybridized carbons (Fsp3) is 0.350. The maximum absolute atomic E-state index is 13.1. The van der Waals surface area contributed by atoms with Gasteiger partial charge in [-0.15, -0.1) is 11.8 Å². The SMILES string of the molecule is C=C(C)N=C(SC)C(=C)N1CCN(C(=O)c2ccc(F)cc2)[C@H](C)C1=NC. The number of amidine groups is 1. The second-order valence-corrected chi connectivity index (χ2v) is 7.01. The molecule has 1 fully saturated rings. The van der Waals surface area contributed by atoms with Gasteiger partial charge in [-0.25, -0.2) is 9.38 Å². The number of benzene rings is 1. The van der Waals surface area contributed by atoms with E-state index in [9.17, 15) is 9.18 Å². The number of carbonyl (C=O) groups excluding carboxylic acids is 1. The maximum Gasteiger partial charge on any atom is 0.254 e. The van der Waals surface area contributed by atoms with Crippen LogP contribution in [0.2, 0.25) is 0 Å². The molecule has 1 aromatic carbocycles. The Morgan fingerprint density at radius 3 is 2.41 bits per heavy atom. The number of halogens is 1. The molecule has 1 aliphatic heterocycles. The van der Waals surface area contributed by atoms with Gasteiger partial charge >= 0.3 is 0 Å². The lowest BCUT2D eigenvalue weighted by atomic mass is 10.1. The van der Waals surface area contributed by atoms with Crippen molar-refractivity contribution in [2.75, 3.05) is 26.4 Å². The summed E-state index contributed by atoms with van der Waals surface area (Å²) in [6.45, 7) is 12.8. The van der Waals surface area contributed by atoms with E-state index in [1.54, 1.807) is 11.9 Å². The number of piperazine rings is 1. The van der Waals surface area contributed by atoms with E-state index in [1.807, 2.05) is 25.0 Å². The molecule has 1 aromatic rings. The summed E-state index contributed by atoms with van der Waals surface area (Å²) < 4.78 is 13.1. The number of aliphatic imine (C=N–C) groups is 2. The number of amides is 1. The molecule has 0 N–H and O–H groups in total. The van der Waals surface area contributed by atoms with Gasteiger partial charge in [-0.05, 0) is 44.4 Å². The minimum Gasteiger partial charge on any atom is -0.327 e. The fourth-order valence-electron chi connectivity index (χ4n) is 3.01. The molecule has 1 saturated heterocycles. The van der Waals surface area contributed by atoms with Crippen LogP contribution >= 0.6 is 11.8 Å². The third kappa shape index (κ3) is 4.66. The predicted octanol–water partition coefficient (Wildman–Crippen LogP) is 3.81. The third-order valence-corrected chi connectivity index (χ3v) is 5.04. The van der Waals surface area contributed by atoms with E-state index < -0.39 is 0 Å². The summed E-state index contributed by atoms with van der Waals surface area (Å²) in [5, 5.41) is 0.772. The Morgan fingerprint density at radius 2 is 1.89 bits per heavy atom. The number of hydrogen-bond donors (Lipinski definition) is 0. The van der Waals surface area contributed by atoms with Crippen LogP contribution in [0, 0.1) is 5.82 Å². The highest BCUT2D eigenvalue weighted by atomic mass is 32.2. The van der Waals surface area contributed by atoms with Gasteiger partial charge in [0.15, 0.2) is 0 Å². The molecule has 0 aromatic heterocycles. The van der Waals surface area contributed by atoms with Gasteiger partial charge in [-0.2, -0.15) is 0 Å². The molecule has 2 rings (SSSR count). The molecule has 1 aliphatic rings. The van der Waals surface area contributed by atoms with Gasteiger partial charge in [0.2, 0.25) is 0 Å². The highest BCUT2D eigenvalue weighted by molar-refractivity contribution is 8.13. The second kappa shape index (κ2) is 8.99. The maximum atomic E-state index is 13.1. The Morgan fingerprint density at radius 1 is 1.26 bits per heavy atom. The third-order valence-electron chi connectivity index (χ3n) is 4.32. The Kier molecular flexibility index (Phi) is 6.96. The molecule has 0 saturated carbocycles. The number of allylic oxidation sites excluding steroid dienone is 1. The molecule has 0 radical (unpaired) electrons. The quantitative estimate of drug-likeness (QED) is 0.582. The van der Waals surface area contributed by atoms with Crippen molar-refractivity contribution >= 4 is 28.5 Å². The summed E-state index contributed by atoms with van der Waals surface area (Å²) in [6, 6.07) is 5.35. The number of rotatable bonds is 4. The van der Waals surface area contributed by atoms with Gasteiger partial charge in [0, 0.05) is 31.4 Å². The van der Waals surface area contributed by atoms with Crippen LogP contribution in [0.3, 0.4) is 0 Å². The van der Waals surface area contributed by atoms with E-state index in [0.29, 0.717) is 24.4 Å². The van der Waals surface area contributed by atoms with Crippen molar-refractivity contribution in [2.24, 2.45) is 9.98 Å². The summed E-state index contributed by atoms with van der Waals surface area (Å²) in [6.07, 6.45) is 1.94. The molecule has 0 unspecified atom stereocenters. The summed E-state index contributed by atoms with van der Waals surface area (Å²) in [5.74, 6) is 0.234. The molecule has 1 heterocycles. The molecule has 144 valence electrons. The Labute approximate surface area is 164 Å². The van der Waals surface area contributed by atoms with E-state index in [2.05, 4.69) is 23.1 Å². The predicted molar refractivity (Wildman–Crippen MR) is 112 cm³/mol. The standard InChI is InChI=1S/C20H25FN4OS/c1-13(2)23-19(27-6)15(4)24-11-12-25(14(3)18(24)22-5)20(26)16-7-9-17(21)10-8-16/h7-10,14H,1,4,11-12H2,2-3,5-6H3/t14-/m1/s1. The van der Waals surface area contributed by atoms with Crippen LogP contribution in [0.5, 0.6) is 0 Å². The van der Waals surface area contributed by atoms with E-state index in [1.165, 1.54) is 36.0 Å². The second-order valence-electron chi connectivity index (χ2n) is 6.22. The molecular weight excluding hydrogens is 363 g/mol. The van der Waals surface area contributed by atoms with Crippen LogP contribution in [-0.2, 0) is 0 Å². The van der Waals surface area contributed by atoms with Gasteiger partial charge in [0.1, 0.15) is 16.7 Å². The zero-order valence-electron chi connectivity index (χ0n) is 16.2. The molecule has 1 atom stereocenters. The van der Waals surface area contributed by atoms with Crippen LogP contribution in [0.1, 0.15) is 24.2 Å². The number of carbonyl (C=O) groups is 1. The van der Waals surface area contributed by atoms with Gasteiger partial charge in [0.05, 0.1) is 11.7 Å². The van der Waals surface area contributed by atoms with Crippen molar-refractivity contribution in [3.63, 3.8) is 0 Å². The van der Waals surface area contributed by atoms with E-state index >= 15 is 0 Å². The fourth-order valence-corrected chi connectivity index (χ4v) is 3.61. The highest BCUT2D eigenvalue weighted by Gasteiger charge is 2.34. The number of hydrogen-bond acceptors (Lipinski definition) is 4. The molecule has 7 heteroatoms. The topological polar surface area (TPSA) is 48.3 Å². The molecule has 27 heavy (non-hydrogen) atoms. The minimum absolute atomic E-state index is 0.144. The van der Waals surface area contributed by atoms with Gasteiger partial charge < -0.3 is 9.80 Å². The number of thioether (sulfide) groups is 1. The van der Waals surface area contributed by atoms with Crippen LogP contribution in [0.25, 0.3) is 0 Å². The lowest BCUT2D eigenvalue weighted by Gasteiger charge is -2.42. The van der Waals surface area contributed by atoms with Crippen LogP contribution in [-0.4, -0.2) is 59.0 Å². The summed E-state index contributed by atoms with van der Waals surface area (Å²) in [5.41, 5.74) is 1.90. The van der Waals surface area contributed by atoms with Crippen molar-refractivity contribution in [1.82, 2.24) is 9.80 Å². The van der Waals surface area contributed by atoms with Crippen molar-refractivity contribution < 1.29 is 9.18 Å². The smallest absolute Gasteiger partial charge is 0.254 e. The van der Waals surface area contributed by atoms with Crippen molar-refractivity contribution in [1.29, 1.82) is 0 Å². The van der Waals surface area contributed by atoms with Crippen LogP contribution in [0.4, 0.5) is 4.39 Å². The average molecular weight is 389 g/mol. The summed E-state index contributed by atoms with van der Waals surface area (Å²) >= 11 is 1.50. The average Bonchev–Trinajstić information content (AvgIpc) is 2.65. The van der Waals surface area contributed by atoms with Gasteiger partial charge in [-0.3, -0.25) is 9.79 Å². The van der Waals surface area contributed by atoms with Crippen molar-refractivity contribution in [2.45, 2.75) is 19.9 Å².